The van der Waals surface area contributed by atoms with Gasteiger partial charge in [0.2, 0.25) is 11.8 Å². The highest BCUT2D eigenvalue weighted by Crippen LogP contribution is 2.26. The fourth-order valence-corrected chi connectivity index (χ4v) is 5.01. The molecular formula is C31H34N4O4. The fraction of sp³-hybridized carbons (Fsp3) is 0.290. The molecule has 0 unspecified atom stereocenters. The smallest absolute Gasteiger partial charge is 0.247 e. The first kappa shape index (κ1) is 26.3. The van der Waals surface area contributed by atoms with Crippen LogP contribution in [0.25, 0.3) is 10.9 Å². The molecule has 1 aliphatic heterocycles. The van der Waals surface area contributed by atoms with Crippen LogP contribution in [0.5, 0.6) is 5.75 Å². The summed E-state index contributed by atoms with van der Waals surface area (Å²) in [5, 5.41) is 13.7. The number of fused-ring (bicyclic) bond motifs is 2. The molecule has 0 spiro atoms. The molecule has 5 rings (SSSR count). The van der Waals surface area contributed by atoms with E-state index in [0.717, 1.165) is 44.7 Å². The first-order valence-corrected chi connectivity index (χ1v) is 13.1. The maximum atomic E-state index is 13.2. The summed E-state index contributed by atoms with van der Waals surface area (Å²) >= 11 is 0. The van der Waals surface area contributed by atoms with Gasteiger partial charge in [-0.05, 0) is 47.0 Å². The number of carbonyl (C=O) groups excluding carboxylic acids is 2. The van der Waals surface area contributed by atoms with Crippen LogP contribution in [0.2, 0.25) is 0 Å². The lowest BCUT2D eigenvalue weighted by molar-refractivity contribution is -0.132. The Kier molecular flexibility index (Phi) is 7.56. The second-order valence-corrected chi connectivity index (χ2v) is 10.2. The number of anilines is 1. The molecule has 3 aromatic carbocycles. The number of hydrogen-bond donors (Lipinski definition) is 2. The topological polar surface area (TPSA) is 87.0 Å². The lowest BCUT2D eigenvalue weighted by Crippen LogP contribution is -2.40. The predicted molar refractivity (Wildman–Crippen MR) is 151 cm³/mol. The van der Waals surface area contributed by atoms with E-state index in [2.05, 4.69) is 16.0 Å². The Labute approximate surface area is 228 Å². The molecule has 0 bridgehead atoms. The van der Waals surface area contributed by atoms with Gasteiger partial charge < -0.3 is 29.5 Å². The molecule has 202 valence electrons. The zero-order valence-corrected chi connectivity index (χ0v) is 22.6. The van der Waals surface area contributed by atoms with Crippen molar-refractivity contribution in [2.24, 2.45) is 7.05 Å². The zero-order chi connectivity index (χ0) is 27.5. The molecule has 1 atom stereocenters. The molecule has 0 fully saturated rings. The summed E-state index contributed by atoms with van der Waals surface area (Å²) in [5.41, 5.74) is 5.84. The van der Waals surface area contributed by atoms with Crippen molar-refractivity contribution in [2.45, 2.75) is 32.2 Å². The summed E-state index contributed by atoms with van der Waals surface area (Å²) in [4.78, 5) is 28.9. The molecule has 2 heterocycles. The van der Waals surface area contributed by atoms with Crippen molar-refractivity contribution >= 4 is 28.4 Å². The number of amides is 2. The maximum Gasteiger partial charge on any atom is 0.247 e. The van der Waals surface area contributed by atoms with Crippen LogP contribution in [-0.2, 0) is 42.8 Å². The monoisotopic (exact) mass is 526 g/mol. The average molecular weight is 527 g/mol. The van der Waals surface area contributed by atoms with Gasteiger partial charge in [0.05, 0.1) is 19.6 Å². The molecular weight excluding hydrogens is 492 g/mol. The Morgan fingerprint density at radius 3 is 2.62 bits per heavy atom. The van der Waals surface area contributed by atoms with Crippen molar-refractivity contribution < 1.29 is 19.4 Å². The lowest BCUT2D eigenvalue weighted by atomic mass is 10.0. The van der Waals surface area contributed by atoms with Gasteiger partial charge in [-0.15, -0.1) is 0 Å². The van der Waals surface area contributed by atoms with E-state index in [-0.39, 0.29) is 24.8 Å². The number of rotatable bonds is 8. The number of likely N-dealkylation sites (N-methyl/N-ethyl adjacent to an activating group) is 2. The highest BCUT2D eigenvalue weighted by molar-refractivity contribution is 5.87. The molecule has 2 amide bonds. The van der Waals surface area contributed by atoms with Crippen molar-refractivity contribution in [3.8, 4) is 5.75 Å². The van der Waals surface area contributed by atoms with E-state index in [4.69, 9.17) is 4.74 Å². The molecule has 2 N–H and O–H groups in total. The summed E-state index contributed by atoms with van der Waals surface area (Å²) in [7, 11) is 5.55. The van der Waals surface area contributed by atoms with Gasteiger partial charge in [-0.2, -0.15) is 0 Å². The van der Waals surface area contributed by atoms with Crippen LogP contribution >= 0.6 is 0 Å². The number of aliphatic hydroxyl groups excluding tert-OH is 1. The Balaban J connectivity index is 1.25. The number of ether oxygens (including phenoxy) is 1. The van der Waals surface area contributed by atoms with E-state index < -0.39 is 6.04 Å². The third-order valence-corrected chi connectivity index (χ3v) is 7.31. The number of hydrogen-bond acceptors (Lipinski definition) is 5. The van der Waals surface area contributed by atoms with Gasteiger partial charge in [-0.3, -0.25) is 9.59 Å². The van der Waals surface area contributed by atoms with Gasteiger partial charge in [0.25, 0.3) is 0 Å². The molecule has 0 saturated carbocycles. The zero-order valence-electron chi connectivity index (χ0n) is 22.6. The molecule has 0 aliphatic carbocycles. The van der Waals surface area contributed by atoms with Gasteiger partial charge >= 0.3 is 0 Å². The SMILES string of the molecule is CN(Cc1cc2cc(OCc3ccccc3)ccc2n1C)C(=O)Cc1ccc2c(c1)CN(C)C(=O)[C@@H](CO)N2. The third kappa shape index (κ3) is 5.76. The van der Waals surface area contributed by atoms with E-state index in [1.165, 1.54) is 0 Å². The van der Waals surface area contributed by atoms with Gasteiger partial charge in [0.1, 0.15) is 18.4 Å². The van der Waals surface area contributed by atoms with Crippen molar-refractivity contribution in [3.05, 3.63) is 95.2 Å². The molecule has 8 nitrogen and oxygen atoms in total. The molecule has 39 heavy (non-hydrogen) atoms. The Morgan fingerprint density at radius 1 is 1.05 bits per heavy atom. The molecule has 0 radical (unpaired) electrons. The minimum Gasteiger partial charge on any atom is -0.489 e. The number of aromatic nitrogens is 1. The van der Waals surface area contributed by atoms with Crippen molar-refractivity contribution in [3.63, 3.8) is 0 Å². The minimum absolute atomic E-state index is 0.00587. The van der Waals surface area contributed by atoms with Crippen LogP contribution in [0.3, 0.4) is 0 Å². The van der Waals surface area contributed by atoms with Crippen LogP contribution < -0.4 is 10.1 Å². The quantitative estimate of drug-likeness (QED) is 0.366. The standard InChI is InChI=1S/C31H34N4O4/c1-33(30(37)14-22-9-11-27-24(13-22)17-34(2)31(38)28(19-36)32-27)18-25-15-23-16-26(10-12-29(23)35(25)3)39-20-21-7-5-4-6-8-21/h4-13,15-16,28,32,36H,14,17-20H2,1-3H3/t28-/m1/s1. The number of aliphatic hydroxyl groups is 1. The summed E-state index contributed by atoms with van der Waals surface area (Å²) in [6.07, 6.45) is 0.256. The van der Waals surface area contributed by atoms with E-state index in [1.54, 1.807) is 16.8 Å². The molecule has 1 aliphatic rings. The normalized spacial score (nSPS) is 15.0. The maximum absolute atomic E-state index is 13.2. The second kappa shape index (κ2) is 11.2. The van der Waals surface area contributed by atoms with Crippen LogP contribution in [0.15, 0.2) is 72.8 Å². The second-order valence-electron chi connectivity index (χ2n) is 10.2. The number of carbonyl (C=O) groups is 2. The highest BCUT2D eigenvalue weighted by atomic mass is 16.5. The Morgan fingerprint density at radius 2 is 1.85 bits per heavy atom. The van der Waals surface area contributed by atoms with E-state index in [1.807, 2.05) is 80.8 Å². The first-order chi connectivity index (χ1) is 18.8. The fourth-order valence-electron chi connectivity index (χ4n) is 5.01. The summed E-state index contributed by atoms with van der Waals surface area (Å²) < 4.78 is 8.10. The molecule has 8 heteroatoms. The number of aryl methyl sites for hydroxylation is 1. The van der Waals surface area contributed by atoms with Gasteiger partial charge in [0, 0.05) is 50.0 Å². The van der Waals surface area contributed by atoms with Gasteiger partial charge in [0.15, 0.2) is 0 Å². The van der Waals surface area contributed by atoms with Crippen molar-refractivity contribution in [1.82, 2.24) is 14.4 Å². The van der Waals surface area contributed by atoms with Crippen LogP contribution in [0.1, 0.15) is 22.4 Å². The average Bonchev–Trinajstić information content (AvgIpc) is 3.18. The third-order valence-electron chi connectivity index (χ3n) is 7.31. The Bertz CT molecular complexity index is 1500. The van der Waals surface area contributed by atoms with Crippen molar-refractivity contribution in [2.75, 3.05) is 26.0 Å². The van der Waals surface area contributed by atoms with Gasteiger partial charge in [-0.1, -0.05) is 42.5 Å². The summed E-state index contributed by atoms with van der Waals surface area (Å²) in [5.74, 6) is 0.658. The number of nitrogens with zero attached hydrogens (tertiary/aromatic N) is 3. The highest BCUT2D eigenvalue weighted by Gasteiger charge is 2.26. The first-order valence-electron chi connectivity index (χ1n) is 13.1. The molecule has 4 aromatic rings. The summed E-state index contributed by atoms with van der Waals surface area (Å²) in [6.45, 7) is 1.13. The number of nitrogens with one attached hydrogen (secondary N) is 1. The van der Waals surface area contributed by atoms with Gasteiger partial charge in [-0.25, -0.2) is 0 Å². The van der Waals surface area contributed by atoms with Crippen LogP contribution in [-0.4, -0.2) is 58.0 Å². The van der Waals surface area contributed by atoms with Crippen LogP contribution in [0, 0.1) is 0 Å². The van der Waals surface area contributed by atoms with Crippen molar-refractivity contribution in [1.29, 1.82) is 0 Å². The lowest BCUT2D eigenvalue weighted by Gasteiger charge is -2.19. The summed E-state index contributed by atoms with van der Waals surface area (Å²) in [6, 6.07) is 23.3. The van der Waals surface area contributed by atoms with E-state index in [0.29, 0.717) is 19.7 Å². The van der Waals surface area contributed by atoms with E-state index >= 15 is 0 Å². The largest absolute Gasteiger partial charge is 0.489 e. The molecule has 1 aromatic heterocycles. The molecule has 0 saturated heterocycles. The predicted octanol–water partition coefficient (Wildman–Crippen LogP) is 3.70. The van der Waals surface area contributed by atoms with Crippen LogP contribution in [0.4, 0.5) is 5.69 Å². The minimum atomic E-state index is -0.665. The number of benzene rings is 3. The Hall–Kier alpha value is -4.30. The van der Waals surface area contributed by atoms with E-state index in [9.17, 15) is 14.7 Å².